The van der Waals surface area contributed by atoms with Crippen LogP contribution in [0.4, 0.5) is 5.82 Å². The zero-order valence-corrected chi connectivity index (χ0v) is 10.6. The first-order valence-corrected chi connectivity index (χ1v) is 6.27. The maximum Gasteiger partial charge on any atom is 0.337 e. The van der Waals surface area contributed by atoms with E-state index in [0.29, 0.717) is 5.92 Å². The average Bonchev–Trinajstić information content (AvgIpc) is 2.37. The predicted molar refractivity (Wildman–Crippen MR) is 69.9 cm³/mol. The highest BCUT2D eigenvalue weighted by molar-refractivity contribution is 5.87. The Hall–Kier alpha value is -1.62. The molecular weight excluding hydrogens is 230 g/mol. The Morgan fingerprint density at radius 2 is 2.44 bits per heavy atom. The quantitative estimate of drug-likeness (QED) is 0.847. The van der Waals surface area contributed by atoms with E-state index in [1.807, 2.05) is 0 Å². The highest BCUT2D eigenvalue weighted by atomic mass is 16.4. The van der Waals surface area contributed by atoms with E-state index in [4.69, 9.17) is 5.11 Å². The van der Waals surface area contributed by atoms with Gasteiger partial charge in [-0.15, -0.1) is 0 Å². The predicted octanol–water partition coefficient (Wildman–Crippen LogP) is 1.53. The zero-order valence-electron chi connectivity index (χ0n) is 10.6. The van der Waals surface area contributed by atoms with Gasteiger partial charge in [0.25, 0.3) is 0 Å². The Morgan fingerprint density at radius 1 is 1.61 bits per heavy atom. The molecule has 1 fully saturated rings. The molecule has 2 N–H and O–H groups in total. The van der Waals surface area contributed by atoms with E-state index in [1.54, 1.807) is 12.1 Å². The van der Waals surface area contributed by atoms with Crippen molar-refractivity contribution in [3.8, 4) is 0 Å². The molecule has 0 spiro atoms. The fourth-order valence-corrected chi connectivity index (χ4v) is 2.31. The highest BCUT2D eigenvalue weighted by Gasteiger charge is 2.16. The Morgan fingerprint density at radius 3 is 3.06 bits per heavy atom. The number of hydrogen-bond donors (Lipinski definition) is 2. The fourth-order valence-electron chi connectivity index (χ4n) is 2.31. The molecular formula is C13H19N3O2. The molecule has 1 aromatic heterocycles. The first-order valence-electron chi connectivity index (χ1n) is 6.27. The molecule has 1 aliphatic heterocycles. The van der Waals surface area contributed by atoms with Crippen LogP contribution >= 0.6 is 0 Å². The van der Waals surface area contributed by atoms with Crippen LogP contribution in [0.1, 0.15) is 23.2 Å². The van der Waals surface area contributed by atoms with Gasteiger partial charge in [0.05, 0.1) is 5.56 Å². The van der Waals surface area contributed by atoms with Crippen molar-refractivity contribution in [1.82, 2.24) is 9.88 Å². The van der Waals surface area contributed by atoms with Crippen molar-refractivity contribution in [2.45, 2.75) is 12.8 Å². The monoisotopic (exact) mass is 249 g/mol. The van der Waals surface area contributed by atoms with Gasteiger partial charge < -0.3 is 15.3 Å². The summed E-state index contributed by atoms with van der Waals surface area (Å²) >= 11 is 0. The normalized spacial score (nSPS) is 20.6. The summed E-state index contributed by atoms with van der Waals surface area (Å²) in [5, 5.41) is 12.0. The molecule has 0 saturated carbocycles. The minimum absolute atomic E-state index is 0.220. The number of carboxylic acid groups (broad SMARTS) is 1. The van der Waals surface area contributed by atoms with Gasteiger partial charge >= 0.3 is 5.97 Å². The summed E-state index contributed by atoms with van der Waals surface area (Å²) in [7, 11) is 2.14. The van der Waals surface area contributed by atoms with Crippen LogP contribution in [0.15, 0.2) is 18.3 Å². The standard InChI is InChI=1S/C13H19N3O2/c1-16-6-2-3-10(9-16)7-14-12-5-4-11(8-15-12)13(17)18/h4-5,8,10H,2-3,6-7,9H2,1H3,(H,14,15)(H,17,18). The molecule has 0 amide bonds. The summed E-state index contributed by atoms with van der Waals surface area (Å²) in [6.07, 6.45) is 3.87. The van der Waals surface area contributed by atoms with Crippen molar-refractivity contribution >= 4 is 11.8 Å². The van der Waals surface area contributed by atoms with Gasteiger partial charge in [-0.25, -0.2) is 9.78 Å². The summed E-state index contributed by atoms with van der Waals surface area (Å²) in [4.78, 5) is 17.1. The van der Waals surface area contributed by atoms with Crippen LogP contribution in [-0.4, -0.2) is 47.6 Å². The van der Waals surface area contributed by atoms with Gasteiger partial charge in [-0.2, -0.15) is 0 Å². The molecule has 2 rings (SSSR count). The summed E-state index contributed by atoms with van der Waals surface area (Å²) < 4.78 is 0. The topological polar surface area (TPSA) is 65.5 Å². The van der Waals surface area contributed by atoms with E-state index >= 15 is 0 Å². The molecule has 0 bridgehead atoms. The Bertz CT molecular complexity index is 405. The summed E-state index contributed by atoms with van der Waals surface area (Å²) in [5.41, 5.74) is 0.220. The van der Waals surface area contributed by atoms with Gasteiger partial charge in [-0.1, -0.05) is 0 Å². The number of nitrogens with one attached hydrogen (secondary N) is 1. The summed E-state index contributed by atoms with van der Waals surface area (Å²) in [6.45, 7) is 3.19. The largest absolute Gasteiger partial charge is 0.478 e. The van der Waals surface area contributed by atoms with Crippen LogP contribution < -0.4 is 5.32 Å². The molecule has 1 atom stereocenters. The molecule has 1 saturated heterocycles. The fraction of sp³-hybridized carbons (Fsp3) is 0.538. The Labute approximate surface area is 107 Å². The van der Waals surface area contributed by atoms with E-state index in [9.17, 15) is 4.79 Å². The van der Waals surface area contributed by atoms with Crippen LogP contribution in [0.2, 0.25) is 0 Å². The number of aromatic carboxylic acids is 1. The SMILES string of the molecule is CN1CCCC(CNc2ccc(C(=O)O)cn2)C1. The number of carbonyl (C=O) groups is 1. The molecule has 5 heteroatoms. The van der Waals surface area contributed by atoms with Crippen molar-refractivity contribution in [2.24, 2.45) is 5.92 Å². The number of hydrogen-bond acceptors (Lipinski definition) is 4. The number of aromatic nitrogens is 1. The number of piperidine rings is 1. The van der Waals surface area contributed by atoms with Crippen LogP contribution in [0.25, 0.3) is 0 Å². The van der Waals surface area contributed by atoms with Gasteiger partial charge in [0.2, 0.25) is 0 Å². The van der Waals surface area contributed by atoms with E-state index in [-0.39, 0.29) is 5.56 Å². The Kier molecular flexibility index (Phi) is 4.15. The third kappa shape index (κ3) is 3.43. The first kappa shape index (κ1) is 12.8. The van der Waals surface area contributed by atoms with Crippen molar-refractivity contribution in [3.63, 3.8) is 0 Å². The number of nitrogens with zero attached hydrogens (tertiary/aromatic N) is 2. The zero-order chi connectivity index (χ0) is 13.0. The summed E-state index contributed by atoms with van der Waals surface area (Å²) in [6, 6.07) is 3.29. The van der Waals surface area contributed by atoms with Crippen molar-refractivity contribution in [1.29, 1.82) is 0 Å². The van der Waals surface area contributed by atoms with E-state index in [1.165, 1.54) is 25.6 Å². The molecule has 1 aliphatic rings. The molecule has 0 radical (unpaired) electrons. The van der Waals surface area contributed by atoms with Crippen molar-refractivity contribution in [2.75, 3.05) is 32.0 Å². The highest BCUT2D eigenvalue weighted by Crippen LogP contribution is 2.15. The van der Waals surface area contributed by atoms with Gasteiger partial charge in [0.15, 0.2) is 0 Å². The third-order valence-corrected chi connectivity index (χ3v) is 3.30. The van der Waals surface area contributed by atoms with Crippen molar-refractivity contribution < 1.29 is 9.90 Å². The second-order valence-corrected chi connectivity index (χ2v) is 4.89. The molecule has 1 unspecified atom stereocenters. The van der Waals surface area contributed by atoms with Crippen LogP contribution in [-0.2, 0) is 0 Å². The van der Waals surface area contributed by atoms with Gasteiger partial charge in [-0.05, 0) is 44.5 Å². The molecule has 0 aromatic carbocycles. The van der Waals surface area contributed by atoms with Gasteiger partial charge in [0, 0.05) is 19.3 Å². The molecule has 1 aromatic rings. The minimum atomic E-state index is -0.942. The van der Waals surface area contributed by atoms with Crippen LogP contribution in [0.3, 0.4) is 0 Å². The first-order chi connectivity index (χ1) is 8.65. The van der Waals surface area contributed by atoms with Crippen molar-refractivity contribution in [3.05, 3.63) is 23.9 Å². The lowest BCUT2D eigenvalue weighted by atomic mass is 9.98. The Balaban J connectivity index is 1.84. The van der Waals surface area contributed by atoms with Gasteiger partial charge in [0.1, 0.15) is 5.82 Å². The lowest BCUT2D eigenvalue weighted by Crippen LogP contribution is -2.35. The molecule has 5 nitrogen and oxygen atoms in total. The maximum atomic E-state index is 10.7. The van der Waals surface area contributed by atoms with E-state index in [2.05, 4.69) is 22.2 Å². The number of likely N-dealkylation sites (tertiary alicyclic amines) is 1. The molecule has 2 heterocycles. The summed E-state index contributed by atoms with van der Waals surface area (Å²) in [5.74, 6) is 0.445. The van der Waals surface area contributed by atoms with Crippen LogP contribution in [0.5, 0.6) is 0 Å². The van der Waals surface area contributed by atoms with Crippen LogP contribution in [0, 0.1) is 5.92 Å². The lowest BCUT2D eigenvalue weighted by Gasteiger charge is -2.29. The van der Waals surface area contributed by atoms with Gasteiger partial charge in [-0.3, -0.25) is 0 Å². The minimum Gasteiger partial charge on any atom is -0.478 e. The second kappa shape index (κ2) is 5.82. The third-order valence-electron chi connectivity index (χ3n) is 3.30. The van der Waals surface area contributed by atoms with E-state index in [0.717, 1.165) is 18.9 Å². The molecule has 18 heavy (non-hydrogen) atoms. The lowest BCUT2D eigenvalue weighted by molar-refractivity contribution is 0.0696. The number of pyridine rings is 1. The maximum absolute atomic E-state index is 10.7. The number of rotatable bonds is 4. The average molecular weight is 249 g/mol. The smallest absolute Gasteiger partial charge is 0.337 e. The molecule has 98 valence electrons. The second-order valence-electron chi connectivity index (χ2n) is 4.89. The number of anilines is 1. The number of carboxylic acids is 1. The van der Waals surface area contributed by atoms with E-state index < -0.39 is 5.97 Å². The molecule has 0 aliphatic carbocycles.